The SMILES string of the molecule is Cc1ncnc2c1n(C)c(=O)n2[C@@H]1O[C@@H]2COP(O)(=S)O[C@H]3[C@@H](O)[C@H](n4c(=O)n(C)c5c(N)ncnc54)O[C@@H]3COP(O)(=S)O[C@@H]1[C@@H]2O. The molecule has 0 saturated carbocycles. The second-order valence-corrected chi connectivity index (χ2v) is 16.8. The molecule has 6 N–H and O–H groups in total. The van der Waals surface area contributed by atoms with E-state index < -0.39 is 87.1 Å². The lowest BCUT2D eigenvalue weighted by molar-refractivity contribution is -0.0621. The number of fused-ring (bicyclic) bond motifs is 5. The van der Waals surface area contributed by atoms with Crippen molar-refractivity contribution in [3.05, 3.63) is 39.3 Å². The number of aromatic nitrogens is 8. The summed E-state index contributed by atoms with van der Waals surface area (Å²) in [7, 11) is 2.92. The Morgan fingerprint density at radius 2 is 1.31 bits per heavy atom. The van der Waals surface area contributed by atoms with E-state index in [0.717, 1.165) is 15.5 Å². The van der Waals surface area contributed by atoms with Crippen LogP contribution in [0.3, 0.4) is 0 Å². The molecule has 48 heavy (non-hydrogen) atoms. The molecule has 0 spiro atoms. The predicted octanol–water partition coefficient (Wildman–Crippen LogP) is -2.07. The molecule has 0 radical (unpaired) electrons. The zero-order chi connectivity index (χ0) is 34.4. The third kappa shape index (κ3) is 5.47. The number of imidazole rings is 2. The zero-order valence-corrected chi connectivity index (χ0v) is 28.5. The first-order valence-electron chi connectivity index (χ1n) is 14.1. The van der Waals surface area contributed by atoms with Gasteiger partial charge in [0.1, 0.15) is 60.3 Å². The Balaban J connectivity index is 1.24. The van der Waals surface area contributed by atoms with Gasteiger partial charge in [0.25, 0.3) is 0 Å². The number of nitrogen functional groups attached to an aromatic ring is 1. The van der Waals surface area contributed by atoms with Gasteiger partial charge >= 0.3 is 24.8 Å². The van der Waals surface area contributed by atoms with Crippen LogP contribution in [0.1, 0.15) is 18.1 Å². The van der Waals surface area contributed by atoms with Crippen molar-refractivity contribution in [2.24, 2.45) is 14.1 Å². The fourth-order valence-electron chi connectivity index (χ4n) is 6.14. The van der Waals surface area contributed by atoms with Gasteiger partial charge in [-0.3, -0.25) is 18.2 Å². The van der Waals surface area contributed by atoms with Crippen molar-refractivity contribution in [3.63, 3.8) is 0 Å². The second kappa shape index (κ2) is 12.0. The molecule has 10 atom stereocenters. The van der Waals surface area contributed by atoms with E-state index in [2.05, 4.69) is 19.9 Å². The summed E-state index contributed by atoms with van der Waals surface area (Å²) in [6, 6.07) is 0. The summed E-state index contributed by atoms with van der Waals surface area (Å²) in [5.41, 5.74) is 5.89. The Kier molecular flexibility index (Phi) is 8.49. The number of hydrogen-bond donors (Lipinski definition) is 5. The van der Waals surface area contributed by atoms with Gasteiger partial charge < -0.3 is 44.3 Å². The number of ether oxygens (including phenoxy) is 2. The predicted molar refractivity (Wildman–Crippen MR) is 169 cm³/mol. The third-order valence-corrected chi connectivity index (χ3v) is 11.5. The smallest absolute Gasteiger partial charge is 0.332 e. The average Bonchev–Trinajstić information content (AvgIpc) is 3.66. The number of nitrogens with zero attached hydrogens (tertiary/aromatic N) is 8. The number of anilines is 1. The van der Waals surface area contributed by atoms with Crippen LogP contribution in [0.25, 0.3) is 22.3 Å². The Labute approximate surface area is 278 Å². The number of nitrogens with two attached hydrogens (primary N) is 1. The lowest BCUT2D eigenvalue weighted by Gasteiger charge is -2.28. The van der Waals surface area contributed by atoms with Gasteiger partial charge in [0.05, 0.1) is 18.9 Å². The van der Waals surface area contributed by atoms with Gasteiger partial charge in [-0.05, 0) is 30.5 Å². The minimum absolute atomic E-state index is 0.00366. The fraction of sp³-hybridized carbons (Fsp3) is 0.565. The van der Waals surface area contributed by atoms with E-state index in [1.807, 2.05) is 0 Å². The highest BCUT2D eigenvalue weighted by molar-refractivity contribution is 8.07. The highest BCUT2D eigenvalue weighted by atomic mass is 32.5. The van der Waals surface area contributed by atoms with Crippen molar-refractivity contribution in [2.45, 2.75) is 56.0 Å². The molecule has 2 unspecified atom stereocenters. The summed E-state index contributed by atoms with van der Waals surface area (Å²) in [5.74, 6) is -0.00366. The van der Waals surface area contributed by atoms with E-state index >= 15 is 0 Å². The molecule has 25 heteroatoms. The van der Waals surface area contributed by atoms with Gasteiger partial charge in [0, 0.05) is 14.1 Å². The number of hydrogen-bond acceptors (Lipinski definition) is 17. The van der Waals surface area contributed by atoms with Crippen molar-refractivity contribution in [1.82, 2.24) is 38.2 Å². The largest absolute Gasteiger partial charge is 0.387 e. The van der Waals surface area contributed by atoms with E-state index in [-0.39, 0.29) is 22.6 Å². The lowest BCUT2D eigenvalue weighted by Crippen LogP contribution is -2.37. The molecule has 7 rings (SSSR count). The summed E-state index contributed by atoms with van der Waals surface area (Å²) in [5, 5.41) is 22.7. The molecule has 4 aromatic rings. The van der Waals surface area contributed by atoms with Gasteiger partial charge in [-0.2, -0.15) is 0 Å². The third-order valence-electron chi connectivity index (χ3n) is 8.38. The van der Waals surface area contributed by atoms with Crippen molar-refractivity contribution in [3.8, 4) is 0 Å². The number of aryl methyl sites for hydroxylation is 3. The van der Waals surface area contributed by atoms with Crippen LogP contribution in [-0.4, -0.2) is 108 Å². The minimum atomic E-state index is -4.32. The van der Waals surface area contributed by atoms with Crippen LogP contribution in [0.2, 0.25) is 0 Å². The maximum atomic E-state index is 13.4. The van der Waals surface area contributed by atoms with E-state index in [1.54, 1.807) is 6.92 Å². The molecule has 260 valence electrons. The van der Waals surface area contributed by atoms with E-state index in [4.69, 9.17) is 56.9 Å². The Morgan fingerprint density at radius 1 is 0.792 bits per heavy atom. The van der Waals surface area contributed by atoms with Gasteiger partial charge in [0.2, 0.25) is 0 Å². The standard InChI is InChI=1S/C23H29N9O12P2S2/c1-8-11-18(27-6-25-8)32(22(35)29(11)2)21-16-13(33)9(41-21)4-39-45(37,47)43-15-10(5-40-46(38,48)44-16)42-20(14(15)34)31-19-12(30(3)23(31)36)17(24)26-7-28-19/h6-7,9-10,13-16,20-21,33-34H,4-5H2,1-3H3,(H,37,47)(H,38,48)(H2,24,26,28)/t9-,10-,13-,14-,15-,16-,20-,21-,45?,46?/m1/s1. The average molecular weight is 750 g/mol. The number of aliphatic hydroxyl groups is 2. The highest BCUT2D eigenvalue weighted by Crippen LogP contribution is 2.54. The molecule has 3 aliphatic heterocycles. The fourth-order valence-corrected chi connectivity index (χ4v) is 8.99. The molecule has 0 aromatic carbocycles. The molecular formula is C23H29N9O12P2S2. The maximum absolute atomic E-state index is 13.4. The van der Waals surface area contributed by atoms with Crippen molar-refractivity contribution in [1.29, 1.82) is 0 Å². The molecule has 3 aliphatic rings. The zero-order valence-electron chi connectivity index (χ0n) is 25.1. The van der Waals surface area contributed by atoms with Crippen molar-refractivity contribution in [2.75, 3.05) is 18.9 Å². The summed E-state index contributed by atoms with van der Waals surface area (Å²) >= 11 is 10.5. The van der Waals surface area contributed by atoms with Gasteiger partial charge in [-0.15, -0.1) is 0 Å². The molecule has 7 heterocycles. The molecule has 4 aromatic heterocycles. The molecule has 3 fully saturated rings. The molecule has 2 bridgehead atoms. The van der Waals surface area contributed by atoms with Crippen LogP contribution in [0.5, 0.6) is 0 Å². The Morgan fingerprint density at radius 3 is 1.98 bits per heavy atom. The van der Waals surface area contributed by atoms with Crippen LogP contribution in [0.4, 0.5) is 5.82 Å². The maximum Gasteiger partial charge on any atom is 0.332 e. The van der Waals surface area contributed by atoms with Crippen LogP contribution in [0, 0.1) is 6.92 Å². The topological polar surface area (TPSA) is 268 Å². The lowest BCUT2D eigenvalue weighted by atomic mass is 10.1. The molecule has 0 amide bonds. The van der Waals surface area contributed by atoms with E-state index in [0.29, 0.717) is 11.2 Å². The summed E-state index contributed by atoms with van der Waals surface area (Å²) in [6.45, 7) is -8.15. The monoisotopic (exact) mass is 749 g/mol. The second-order valence-electron chi connectivity index (χ2n) is 11.3. The minimum Gasteiger partial charge on any atom is -0.387 e. The van der Waals surface area contributed by atoms with E-state index in [9.17, 15) is 29.6 Å². The van der Waals surface area contributed by atoms with Gasteiger partial charge in [-0.1, -0.05) is 0 Å². The first kappa shape index (κ1) is 33.9. The highest BCUT2D eigenvalue weighted by Gasteiger charge is 2.53. The number of aliphatic hydroxyl groups excluding tert-OH is 2. The van der Waals surface area contributed by atoms with Crippen LogP contribution in [-0.2, 0) is 65.3 Å². The first-order chi connectivity index (χ1) is 22.6. The Bertz CT molecular complexity index is 2160. The molecular weight excluding hydrogens is 720 g/mol. The van der Waals surface area contributed by atoms with Crippen molar-refractivity contribution >= 4 is 65.2 Å². The summed E-state index contributed by atoms with van der Waals surface area (Å²) < 4.78 is 39.2. The number of rotatable bonds is 2. The van der Waals surface area contributed by atoms with Crippen molar-refractivity contribution < 1.29 is 47.6 Å². The molecule has 21 nitrogen and oxygen atoms in total. The van der Waals surface area contributed by atoms with Crippen LogP contribution < -0.4 is 17.1 Å². The molecule has 3 saturated heterocycles. The summed E-state index contributed by atoms with van der Waals surface area (Å²) in [4.78, 5) is 65.4. The quantitative estimate of drug-likeness (QED) is 0.138. The van der Waals surface area contributed by atoms with Crippen LogP contribution >= 0.6 is 13.4 Å². The molecule has 0 aliphatic carbocycles. The van der Waals surface area contributed by atoms with Gasteiger partial charge in [0.15, 0.2) is 29.6 Å². The summed E-state index contributed by atoms with van der Waals surface area (Å²) in [6.07, 6.45) is -9.51. The Hall–Kier alpha value is -2.60. The van der Waals surface area contributed by atoms with Gasteiger partial charge in [-0.25, -0.2) is 38.7 Å². The van der Waals surface area contributed by atoms with Crippen LogP contribution in [0.15, 0.2) is 22.2 Å². The normalized spacial score (nSPS) is 36.1. The first-order valence-corrected chi connectivity index (χ1v) is 19.3. The van der Waals surface area contributed by atoms with E-state index in [1.165, 1.54) is 29.6 Å².